The molecule has 0 saturated carbocycles. The van der Waals surface area contributed by atoms with Gasteiger partial charge in [-0.25, -0.2) is 14.4 Å². The molecule has 156 valence electrons. The first-order valence-electron chi connectivity index (χ1n) is 8.80. The standard InChI is InChI=1S/C22H19FO7/c1-3-20(24)28-14-4-13-27-17-9-11-19(12-10-17)30-22(26)16-5-7-18(8-6-16)29-21(25)15(2)23/h3,5-12H,1-2,4,13-14H2. The molecule has 0 aromatic heterocycles. The van der Waals surface area contributed by atoms with Gasteiger partial charge in [-0.3, -0.25) is 0 Å². The van der Waals surface area contributed by atoms with Crippen molar-refractivity contribution in [3.05, 3.63) is 79.2 Å². The van der Waals surface area contributed by atoms with Gasteiger partial charge < -0.3 is 18.9 Å². The van der Waals surface area contributed by atoms with Gasteiger partial charge in [0.2, 0.25) is 5.83 Å². The largest absolute Gasteiger partial charge is 0.493 e. The Balaban J connectivity index is 1.81. The second-order valence-corrected chi connectivity index (χ2v) is 5.75. The topological polar surface area (TPSA) is 88.1 Å². The molecule has 0 N–H and O–H groups in total. The van der Waals surface area contributed by atoms with Gasteiger partial charge in [0.15, 0.2) is 0 Å². The molecule has 2 aromatic rings. The van der Waals surface area contributed by atoms with E-state index in [-0.39, 0.29) is 17.9 Å². The summed E-state index contributed by atoms with van der Waals surface area (Å²) in [7, 11) is 0. The summed E-state index contributed by atoms with van der Waals surface area (Å²) in [5.74, 6) is -2.60. The molecule has 0 aliphatic carbocycles. The fourth-order valence-corrected chi connectivity index (χ4v) is 2.07. The predicted molar refractivity (Wildman–Crippen MR) is 105 cm³/mol. The van der Waals surface area contributed by atoms with Gasteiger partial charge in [-0.15, -0.1) is 0 Å². The van der Waals surface area contributed by atoms with E-state index in [0.29, 0.717) is 24.5 Å². The van der Waals surface area contributed by atoms with E-state index >= 15 is 0 Å². The molecule has 0 bridgehead atoms. The minimum Gasteiger partial charge on any atom is -0.493 e. The molecule has 0 aliphatic rings. The number of ether oxygens (including phenoxy) is 4. The zero-order chi connectivity index (χ0) is 21.9. The lowest BCUT2D eigenvalue weighted by molar-refractivity contribution is -0.138. The van der Waals surface area contributed by atoms with Gasteiger partial charge >= 0.3 is 17.9 Å². The van der Waals surface area contributed by atoms with Crippen LogP contribution in [0.4, 0.5) is 4.39 Å². The van der Waals surface area contributed by atoms with E-state index in [2.05, 4.69) is 13.2 Å². The lowest BCUT2D eigenvalue weighted by Gasteiger charge is -2.08. The number of halogens is 1. The minimum absolute atomic E-state index is 0.0658. The molecule has 0 atom stereocenters. The number of benzene rings is 2. The number of rotatable bonds is 10. The first-order valence-corrected chi connectivity index (χ1v) is 8.80. The van der Waals surface area contributed by atoms with E-state index in [4.69, 9.17) is 18.9 Å². The summed E-state index contributed by atoms with van der Waals surface area (Å²) in [6.45, 7) is 6.71. The minimum atomic E-state index is -1.22. The van der Waals surface area contributed by atoms with Crippen LogP contribution in [0.25, 0.3) is 0 Å². The van der Waals surface area contributed by atoms with Crippen molar-refractivity contribution in [2.24, 2.45) is 0 Å². The van der Waals surface area contributed by atoms with Gasteiger partial charge in [0.1, 0.15) is 17.2 Å². The van der Waals surface area contributed by atoms with Gasteiger partial charge in [0, 0.05) is 12.5 Å². The lowest BCUT2D eigenvalue weighted by Crippen LogP contribution is -2.10. The van der Waals surface area contributed by atoms with Gasteiger partial charge in [0.25, 0.3) is 0 Å². The molecule has 0 saturated heterocycles. The Bertz CT molecular complexity index is 918. The molecule has 0 spiro atoms. The molecular formula is C22H19FO7. The van der Waals surface area contributed by atoms with Crippen LogP contribution >= 0.6 is 0 Å². The lowest BCUT2D eigenvalue weighted by atomic mass is 10.2. The fourth-order valence-electron chi connectivity index (χ4n) is 2.07. The first kappa shape index (κ1) is 22.4. The van der Waals surface area contributed by atoms with Crippen LogP contribution in [-0.4, -0.2) is 31.1 Å². The van der Waals surface area contributed by atoms with Crippen LogP contribution in [0.15, 0.2) is 73.6 Å². The average Bonchev–Trinajstić information content (AvgIpc) is 2.74. The molecule has 0 aliphatic heterocycles. The van der Waals surface area contributed by atoms with Crippen molar-refractivity contribution in [1.82, 2.24) is 0 Å². The van der Waals surface area contributed by atoms with E-state index in [1.54, 1.807) is 24.3 Å². The van der Waals surface area contributed by atoms with E-state index in [9.17, 15) is 18.8 Å². The van der Waals surface area contributed by atoms with E-state index in [0.717, 1.165) is 6.08 Å². The van der Waals surface area contributed by atoms with E-state index in [1.165, 1.54) is 24.3 Å². The Kier molecular flexibility index (Phi) is 8.31. The molecule has 0 amide bonds. The van der Waals surface area contributed by atoms with Crippen LogP contribution in [-0.2, 0) is 14.3 Å². The molecule has 2 aromatic carbocycles. The van der Waals surface area contributed by atoms with Gasteiger partial charge in [0.05, 0.1) is 18.8 Å². The van der Waals surface area contributed by atoms with Crippen molar-refractivity contribution < 1.29 is 37.7 Å². The highest BCUT2D eigenvalue weighted by Crippen LogP contribution is 2.20. The zero-order valence-electron chi connectivity index (χ0n) is 16.0. The summed E-state index contributed by atoms with van der Waals surface area (Å²) in [4.78, 5) is 34.2. The molecule has 7 nitrogen and oxygen atoms in total. The van der Waals surface area contributed by atoms with Crippen molar-refractivity contribution in [3.8, 4) is 17.2 Å². The number of esters is 3. The Labute approximate surface area is 172 Å². The second-order valence-electron chi connectivity index (χ2n) is 5.75. The maximum absolute atomic E-state index is 12.6. The first-order chi connectivity index (χ1) is 14.4. The Morgan fingerprint density at radius 3 is 2.03 bits per heavy atom. The monoisotopic (exact) mass is 414 g/mol. The number of carbonyl (C=O) groups excluding carboxylic acids is 3. The van der Waals surface area contributed by atoms with Crippen LogP contribution in [0, 0.1) is 0 Å². The third-order valence-electron chi connectivity index (χ3n) is 3.52. The molecule has 0 heterocycles. The summed E-state index contributed by atoms with van der Waals surface area (Å²) in [6, 6.07) is 11.8. The second kappa shape index (κ2) is 11.2. The zero-order valence-corrected chi connectivity index (χ0v) is 16.0. The third kappa shape index (κ3) is 7.23. The highest BCUT2D eigenvalue weighted by molar-refractivity contribution is 5.91. The SMILES string of the molecule is C=CC(=O)OCCCOc1ccc(OC(=O)c2ccc(OC(=O)C(=C)F)cc2)cc1. The summed E-state index contributed by atoms with van der Waals surface area (Å²) in [6.07, 6.45) is 1.61. The quantitative estimate of drug-likeness (QED) is 0.253. The molecule has 2 rings (SSSR count). The molecule has 0 unspecified atom stereocenters. The predicted octanol–water partition coefficient (Wildman–Crippen LogP) is 3.79. The molecular weight excluding hydrogens is 395 g/mol. The van der Waals surface area contributed by atoms with Gasteiger partial charge in [-0.05, 0) is 48.5 Å². The summed E-state index contributed by atoms with van der Waals surface area (Å²) in [5, 5.41) is 0. The number of hydrogen-bond donors (Lipinski definition) is 0. The van der Waals surface area contributed by atoms with Crippen LogP contribution in [0.2, 0.25) is 0 Å². The van der Waals surface area contributed by atoms with Crippen LogP contribution in [0.1, 0.15) is 16.8 Å². The van der Waals surface area contributed by atoms with Crippen molar-refractivity contribution in [2.75, 3.05) is 13.2 Å². The average molecular weight is 414 g/mol. The van der Waals surface area contributed by atoms with E-state index < -0.39 is 23.7 Å². The highest BCUT2D eigenvalue weighted by Gasteiger charge is 2.12. The molecule has 0 radical (unpaired) electrons. The van der Waals surface area contributed by atoms with E-state index in [1.807, 2.05) is 0 Å². The summed E-state index contributed by atoms with van der Waals surface area (Å²) < 4.78 is 32.9. The van der Waals surface area contributed by atoms with Gasteiger partial charge in [-0.2, -0.15) is 4.39 Å². The van der Waals surface area contributed by atoms with Crippen molar-refractivity contribution in [1.29, 1.82) is 0 Å². The highest BCUT2D eigenvalue weighted by atomic mass is 19.1. The summed E-state index contributed by atoms with van der Waals surface area (Å²) in [5.41, 5.74) is 0.211. The Morgan fingerprint density at radius 2 is 1.43 bits per heavy atom. The Morgan fingerprint density at radius 1 is 0.867 bits per heavy atom. The normalized spacial score (nSPS) is 9.90. The number of hydrogen-bond acceptors (Lipinski definition) is 7. The number of carbonyl (C=O) groups is 3. The van der Waals surface area contributed by atoms with Gasteiger partial charge in [-0.1, -0.05) is 13.2 Å². The molecule has 8 heteroatoms. The molecule has 30 heavy (non-hydrogen) atoms. The van der Waals surface area contributed by atoms with Crippen molar-refractivity contribution >= 4 is 17.9 Å². The van der Waals surface area contributed by atoms with Crippen molar-refractivity contribution in [2.45, 2.75) is 6.42 Å². The maximum atomic E-state index is 12.6. The van der Waals surface area contributed by atoms with Crippen LogP contribution in [0.3, 0.4) is 0 Å². The van der Waals surface area contributed by atoms with Crippen LogP contribution in [0.5, 0.6) is 17.2 Å². The third-order valence-corrected chi connectivity index (χ3v) is 3.52. The Hall–Kier alpha value is -3.94. The maximum Gasteiger partial charge on any atom is 0.371 e. The van der Waals surface area contributed by atoms with Crippen LogP contribution < -0.4 is 14.2 Å². The fraction of sp³-hybridized carbons (Fsp3) is 0.136. The smallest absolute Gasteiger partial charge is 0.371 e. The van der Waals surface area contributed by atoms with Crippen molar-refractivity contribution in [3.63, 3.8) is 0 Å². The molecule has 0 fully saturated rings. The summed E-state index contributed by atoms with van der Waals surface area (Å²) >= 11 is 0.